The van der Waals surface area contributed by atoms with Crippen molar-refractivity contribution in [3.8, 4) is 0 Å². The molecule has 1 amide bonds. The summed E-state index contributed by atoms with van der Waals surface area (Å²) in [6.07, 6.45) is 9.29. The van der Waals surface area contributed by atoms with Crippen molar-refractivity contribution in [1.82, 2.24) is 10.2 Å². The van der Waals surface area contributed by atoms with Crippen LogP contribution in [-0.4, -0.2) is 36.5 Å². The maximum atomic E-state index is 13.3. The molecule has 1 N–H and O–H groups in total. The maximum Gasteiger partial charge on any atom is 0.226 e. The number of carbonyl (C=O) groups excluding carboxylic acids is 1. The van der Waals surface area contributed by atoms with Gasteiger partial charge in [-0.1, -0.05) is 0 Å². The average Bonchev–Trinajstić information content (AvgIpc) is 2.48. The van der Waals surface area contributed by atoms with Gasteiger partial charge in [-0.2, -0.15) is 0 Å². The molecule has 5 aliphatic rings. The Bertz CT molecular complexity index is 374. The SMILES string of the molecule is CCN(C(=O)C1C2CC3CC(C2)CC1C3)C1CCCNC1. The average molecular weight is 290 g/mol. The first kappa shape index (κ1) is 14.0. The van der Waals surface area contributed by atoms with E-state index in [1.54, 1.807) is 0 Å². The van der Waals surface area contributed by atoms with Crippen LogP contribution in [0.25, 0.3) is 0 Å². The van der Waals surface area contributed by atoms with Gasteiger partial charge in [-0.3, -0.25) is 4.79 Å². The Labute approximate surface area is 128 Å². The van der Waals surface area contributed by atoms with Crippen LogP contribution in [0.5, 0.6) is 0 Å². The van der Waals surface area contributed by atoms with E-state index < -0.39 is 0 Å². The van der Waals surface area contributed by atoms with Crippen molar-refractivity contribution in [2.24, 2.45) is 29.6 Å². The first-order chi connectivity index (χ1) is 10.3. The van der Waals surface area contributed by atoms with Crippen LogP contribution in [0.2, 0.25) is 0 Å². The summed E-state index contributed by atoms with van der Waals surface area (Å²) in [7, 11) is 0. The van der Waals surface area contributed by atoms with Crippen LogP contribution in [0.3, 0.4) is 0 Å². The highest BCUT2D eigenvalue weighted by Gasteiger charge is 2.51. The van der Waals surface area contributed by atoms with Gasteiger partial charge in [-0.15, -0.1) is 0 Å². The lowest BCUT2D eigenvalue weighted by Crippen LogP contribution is -2.56. The molecular weight excluding hydrogens is 260 g/mol. The quantitative estimate of drug-likeness (QED) is 0.866. The van der Waals surface area contributed by atoms with E-state index in [9.17, 15) is 4.79 Å². The van der Waals surface area contributed by atoms with Gasteiger partial charge >= 0.3 is 0 Å². The molecule has 1 saturated heterocycles. The van der Waals surface area contributed by atoms with Crippen molar-refractivity contribution < 1.29 is 4.79 Å². The van der Waals surface area contributed by atoms with Crippen molar-refractivity contribution >= 4 is 5.91 Å². The summed E-state index contributed by atoms with van der Waals surface area (Å²) >= 11 is 0. The Morgan fingerprint density at radius 1 is 1.10 bits per heavy atom. The molecule has 5 rings (SSSR count). The molecule has 3 nitrogen and oxygen atoms in total. The zero-order chi connectivity index (χ0) is 14.4. The monoisotopic (exact) mass is 290 g/mol. The number of carbonyl (C=O) groups is 1. The van der Waals surface area contributed by atoms with Crippen LogP contribution in [-0.2, 0) is 4.79 Å². The van der Waals surface area contributed by atoms with E-state index in [-0.39, 0.29) is 0 Å². The van der Waals surface area contributed by atoms with Crippen LogP contribution in [0, 0.1) is 29.6 Å². The van der Waals surface area contributed by atoms with Gasteiger partial charge in [-0.05, 0) is 82.1 Å². The van der Waals surface area contributed by atoms with Crippen molar-refractivity contribution in [1.29, 1.82) is 0 Å². The topological polar surface area (TPSA) is 32.3 Å². The Morgan fingerprint density at radius 3 is 2.29 bits per heavy atom. The number of piperidine rings is 1. The summed E-state index contributed by atoms with van der Waals surface area (Å²) in [6, 6.07) is 0.452. The molecule has 5 fully saturated rings. The molecule has 21 heavy (non-hydrogen) atoms. The van der Waals surface area contributed by atoms with Crippen LogP contribution < -0.4 is 5.32 Å². The molecule has 3 heteroatoms. The molecule has 0 radical (unpaired) electrons. The van der Waals surface area contributed by atoms with E-state index in [1.165, 1.54) is 44.9 Å². The second kappa shape index (κ2) is 5.57. The third kappa shape index (κ3) is 2.42. The molecule has 4 aliphatic carbocycles. The van der Waals surface area contributed by atoms with Gasteiger partial charge in [0.25, 0.3) is 0 Å². The lowest BCUT2D eigenvalue weighted by molar-refractivity contribution is -0.151. The largest absolute Gasteiger partial charge is 0.338 e. The van der Waals surface area contributed by atoms with Crippen molar-refractivity contribution in [2.45, 2.75) is 57.9 Å². The van der Waals surface area contributed by atoms with Gasteiger partial charge in [0.1, 0.15) is 0 Å². The van der Waals surface area contributed by atoms with Crippen LogP contribution in [0.4, 0.5) is 0 Å². The minimum atomic E-state index is 0.375. The lowest BCUT2D eigenvalue weighted by atomic mass is 9.51. The number of rotatable bonds is 3. The molecule has 0 aromatic carbocycles. The van der Waals surface area contributed by atoms with E-state index in [0.717, 1.165) is 43.3 Å². The third-order valence-electron chi connectivity index (χ3n) is 6.85. The van der Waals surface area contributed by atoms with Gasteiger partial charge in [0.2, 0.25) is 5.91 Å². The second-order valence-electron chi connectivity index (χ2n) is 8.08. The fourth-order valence-electron chi connectivity index (χ4n) is 6.21. The molecule has 118 valence electrons. The lowest BCUT2D eigenvalue weighted by Gasteiger charge is -2.54. The maximum absolute atomic E-state index is 13.3. The van der Waals surface area contributed by atoms with Crippen LogP contribution in [0.1, 0.15) is 51.9 Å². The number of hydrogen-bond donors (Lipinski definition) is 1. The summed E-state index contributed by atoms with van der Waals surface area (Å²) in [5.41, 5.74) is 0. The fraction of sp³-hybridized carbons (Fsp3) is 0.944. The molecule has 4 saturated carbocycles. The standard InChI is InChI=1S/C18H30N2O/c1-2-20(16-4-3-5-19-11-16)18(21)17-14-7-12-6-13(9-14)10-15(17)8-12/h12-17,19H,2-11H2,1H3. The summed E-state index contributed by atoms with van der Waals surface area (Å²) < 4.78 is 0. The van der Waals surface area contributed by atoms with E-state index in [4.69, 9.17) is 0 Å². The van der Waals surface area contributed by atoms with Gasteiger partial charge in [0.05, 0.1) is 0 Å². The molecular formula is C18H30N2O. The molecule has 1 atom stereocenters. The Hall–Kier alpha value is -0.570. The minimum Gasteiger partial charge on any atom is -0.338 e. The van der Waals surface area contributed by atoms with Crippen molar-refractivity contribution in [2.75, 3.05) is 19.6 Å². The normalized spacial score (nSPS) is 44.8. The number of nitrogens with one attached hydrogen (secondary N) is 1. The number of amides is 1. The van der Waals surface area contributed by atoms with E-state index in [1.807, 2.05) is 0 Å². The highest BCUT2D eigenvalue weighted by molar-refractivity contribution is 5.80. The molecule has 1 aliphatic heterocycles. The first-order valence-electron chi connectivity index (χ1n) is 9.27. The van der Waals surface area contributed by atoms with Crippen molar-refractivity contribution in [3.63, 3.8) is 0 Å². The molecule has 1 heterocycles. The molecule has 0 aromatic rings. The van der Waals surface area contributed by atoms with Crippen LogP contribution >= 0.6 is 0 Å². The zero-order valence-corrected chi connectivity index (χ0v) is 13.4. The minimum absolute atomic E-state index is 0.375. The van der Waals surface area contributed by atoms with E-state index >= 15 is 0 Å². The predicted molar refractivity (Wildman–Crippen MR) is 83.8 cm³/mol. The first-order valence-corrected chi connectivity index (χ1v) is 9.27. The van der Waals surface area contributed by atoms with E-state index in [2.05, 4.69) is 17.1 Å². The predicted octanol–water partition coefficient (Wildman–Crippen LogP) is 2.66. The zero-order valence-electron chi connectivity index (χ0n) is 13.4. The fourth-order valence-corrected chi connectivity index (χ4v) is 6.21. The third-order valence-corrected chi connectivity index (χ3v) is 6.85. The summed E-state index contributed by atoms with van der Waals surface area (Å²) in [5.74, 6) is 4.25. The summed E-state index contributed by atoms with van der Waals surface area (Å²) in [5, 5.41) is 3.48. The summed E-state index contributed by atoms with van der Waals surface area (Å²) in [6.45, 7) is 5.20. The van der Waals surface area contributed by atoms with Gasteiger partial charge < -0.3 is 10.2 Å². The number of hydrogen-bond acceptors (Lipinski definition) is 2. The summed E-state index contributed by atoms with van der Waals surface area (Å²) in [4.78, 5) is 15.5. The molecule has 0 spiro atoms. The smallest absolute Gasteiger partial charge is 0.226 e. The van der Waals surface area contributed by atoms with Gasteiger partial charge in [0.15, 0.2) is 0 Å². The Balaban J connectivity index is 1.50. The Kier molecular flexibility index (Phi) is 3.72. The van der Waals surface area contributed by atoms with Crippen LogP contribution in [0.15, 0.2) is 0 Å². The van der Waals surface area contributed by atoms with Crippen molar-refractivity contribution in [3.05, 3.63) is 0 Å². The van der Waals surface area contributed by atoms with E-state index in [0.29, 0.717) is 17.9 Å². The van der Waals surface area contributed by atoms with Gasteiger partial charge in [-0.25, -0.2) is 0 Å². The molecule has 1 unspecified atom stereocenters. The molecule has 4 bridgehead atoms. The Morgan fingerprint density at radius 2 is 1.76 bits per heavy atom. The second-order valence-corrected chi connectivity index (χ2v) is 8.08. The number of likely N-dealkylation sites (N-methyl/N-ethyl adjacent to an activating group) is 1. The van der Waals surface area contributed by atoms with Gasteiger partial charge in [0, 0.05) is 25.0 Å². The highest BCUT2D eigenvalue weighted by atomic mass is 16.2. The highest BCUT2D eigenvalue weighted by Crippen LogP contribution is 2.56. The molecule has 0 aromatic heterocycles. The number of nitrogens with zero attached hydrogens (tertiary/aromatic N) is 1.